The molecule has 0 aromatic carbocycles. The van der Waals surface area contributed by atoms with E-state index in [-0.39, 0.29) is 23.9 Å². The average molecular weight is 263 g/mol. The summed E-state index contributed by atoms with van der Waals surface area (Å²) in [5.74, 6) is -0.314. The van der Waals surface area contributed by atoms with Crippen molar-refractivity contribution < 1.29 is 9.59 Å². The van der Waals surface area contributed by atoms with Crippen LogP contribution in [-0.2, 0) is 4.79 Å². The lowest BCUT2D eigenvalue weighted by molar-refractivity contribution is -0.123. The van der Waals surface area contributed by atoms with Crippen molar-refractivity contribution in [2.45, 2.75) is 33.2 Å². The Kier molecular flexibility index (Phi) is 5.03. The van der Waals surface area contributed by atoms with E-state index in [0.717, 1.165) is 0 Å². The van der Waals surface area contributed by atoms with E-state index in [1.807, 2.05) is 27.7 Å². The molecule has 1 heterocycles. The van der Waals surface area contributed by atoms with Crippen molar-refractivity contribution in [1.29, 1.82) is 0 Å². The zero-order chi connectivity index (χ0) is 14.5. The number of aromatic nitrogens is 1. The maximum Gasteiger partial charge on any atom is 0.254 e. The summed E-state index contributed by atoms with van der Waals surface area (Å²) in [6.45, 7) is 8.13. The summed E-state index contributed by atoms with van der Waals surface area (Å²) in [6, 6.07) is 3.29. The van der Waals surface area contributed by atoms with Gasteiger partial charge in [-0.05, 0) is 39.8 Å². The van der Waals surface area contributed by atoms with E-state index in [1.165, 1.54) is 4.90 Å². The monoisotopic (exact) mass is 263 g/mol. The summed E-state index contributed by atoms with van der Waals surface area (Å²) < 4.78 is 0. The van der Waals surface area contributed by atoms with Crippen LogP contribution in [0.15, 0.2) is 24.5 Å². The highest BCUT2D eigenvalue weighted by Gasteiger charge is 2.20. The fourth-order valence-electron chi connectivity index (χ4n) is 1.64. The quantitative estimate of drug-likeness (QED) is 0.894. The third-order valence-electron chi connectivity index (χ3n) is 2.45. The first kappa shape index (κ1) is 15.1. The molecule has 19 heavy (non-hydrogen) atoms. The van der Waals surface area contributed by atoms with Gasteiger partial charge in [-0.15, -0.1) is 0 Å². The van der Waals surface area contributed by atoms with Crippen LogP contribution in [-0.4, -0.2) is 40.3 Å². The van der Waals surface area contributed by atoms with Crippen LogP contribution in [0.5, 0.6) is 0 Å². The lowest BCUT2D eigenvalue weighted by atomic mass is 10.1. The number of nitrogens with zero attached hydrogens (tertiary/aromatic N) is 2. The van der Waals surface area contributed by atoms with E-state index >= 15 is 0 Å². The van der Waals surface area contributed by atoms with Gasteiger partial charge in [-0.3, -0.25) is 14.6 Å². The molecule has 0 fully saturated rings. The first-order valence-electron chi connectivity index (χ1n) is 6.34. The third-order valence-corrected chi connectivity index (χ3v) is 2.45. The Morgan fingerprint density at radius 1 is 1.26 bits per heavy atom. The van der Waals surface area contributed by atoms with Crippen molar-refractivity contribution in [3.05, 3.63) is 30.1 Å². The molecule has 0 aliphatic rings. The lowest BCUT2D eigenvalue weighted by Crippen LogP contribution is -2.47. The van der Waals surface area contributed by atoms with Gasteiger partial charge in [-0.25, -0.2) is 0 Å². The number of hydrogen-bond donors (Lipinski definition) is 1. The molecule has 2 amide bonds. The summed E-state index contributed by atoms with van der Waals surface area (Å²) in [4.78, 5) is 29.4. The Hall–Kier alpha value is -1.91. The molecule has 1 aromatic heterocycles. The fraction of sp³-hybridized carbons (Fsp3) is 0.500. The summed E-state index contributed by atoms with van der Waals surface area (Å²) in [6.07, 6.45) is 3.13. The van der Waals surface area contributed by atoms with Crippen molar-refractivity contribution >= 4 is 11.8 Å². The second kappa shape index (κ2) is 6.31. The van der Waals surface area contributed by atoms with Gasteiger partial charge in [-0.1, -0.05) is 0 Å². The molecule has 0 atom stereocenters. The molecule has 5 heteroatoms. The van der Waals surface area contributed by atoms with Crippen LogP contribution in [0.2, 0.25) is 0 Å². The van der Waals surface area contributed by atoms with Crippen LogP contribution in [0.3, 0.4) is 0 Å². The number of nitrogens with one attached hydrogen (secondary N) is 1. The topological polar surface area (TPSA) is 62.3 Å². The van der Waals surface area contributed by atoms with Crippen LogP contribution >= 0.6 is 0 Å². The third kappa shape index (κ3) is 5.07. The molecule has 0 saturated carbocycles. The van der Waals surface area contributed by atoms with Crippen LogP contribution in [0, 0.1) is 0 Å². The van der Waals surface area contributed by atoms with Crippen LogP contribution in [0.25, 0.3) is 0 Å². The van der Waals surface area contributed by atoms with Gasteiger partial charge in [-0.2, -0.15) is 0 Å². The molecule has 1 aromatic rings. The molecule has 1 N–H and O–H groups in total. The highest BCUT2D eigenvalue weighted by atomic mass is 16.2. The van der Waals surface area contributed by atoms with Gasteiger partial charge in [0.1, 0.15) is 0 Å². The van der Waals surface area contributed by atoms with Gasteiger partial charge in [0.05, 0.1) is 6.54 Å². The first-order valence-corrected chi connectivity index (χ1v) is 6.34. The molecular weight excluding hydrogens is 242 g/mol. The second-order valence-corrected chi connectivity index (χ2v) is 5.35. The van der Waals surface area contributed by atoms with Crippen molar-refractivity contribution in [3.8, 4) is 0 Å². The van der Waals surface area contributed by atoms with Crippen molar-refractivity contribution in [1.82, 2.24) is 15.2 Å². The summed E-state index contributed by atoms with van der Waals surface area (Å²) >= 11 is 0. The number of rotatable bonds is 4. The first-order chi connectivity index (χ1) is 8.83. The zero-order valence-corrected chi connectivity index (χ0v) is 11.9. The van der Waals surface area contributed by atoms with Crippen LogP contribution in [0.1, 0.15) is 38.1 Å². The maximum atomic E-state index is 12.2. The van der Waals surface area contributed by atoms with Gasteiger partial charge in [0.15, 0.2) is 0 Å². The number of hydrogen-bond acceptors (Lipinski definition) is 3. The molecular formula is C14H21N3O2. The number of carbonyl (C=O) groups is 2. The summed E-state index contributed by atoms with van der Waals surface area (Å²) in [7, 11) is 0. The SMILES string of the molecule is CCN(CC(=O)NC(C)(C)C)C(=O)c1ccncc1. The molecule has 0 radical (unpaired) electrons. The van der Waals surface area contributed by atoms with Gasteiger partial charge in [0, 0.05) is 30.0 Å². The molecule has 1 rings (SSSR count). The number of carbonyl (C=O) groups excluding carboxylic acids is 2. The zero-order valence-electron chi connectivity index (χ0n) is 11.9. The Morgan fingerprint density at radius 3 is 2.32 bits per heavy atom. The molecule has 0 aliphatic heterocycles. The van der Waals surface area contributed by atoms with Gasteiger partial charge in [0.25, 0.3) is 5.91 Å². The largest absolute Gasteiger partial charge is 0.350 e. The maximum absolute atomic E-state index is 12.2. The summed E-state index contributed by atoms with van der Waals surface area (Å²) in [5.41, 5.74) is 0.247. The minimum Gasteiger partial charge on any atom is -0.350 e. The molecule has 0 unspecified atom stereocenters. The highest BCUT2D eigenvalue weighted by Crippen LogP contribution is 2.04. The second-order valence-electron chi connectivity index (χ2n) is 5.35. The molecule has 0 spiro atoms. The minimum atomic E-state index is -0.295. The number of likely N-dealkylation sites (N-methyl/N-ethyl adjacent to an activating group) is 1. The highest BCUT2D eigenvalue weighted by molar-refractivity contribution is 5.96. The number of amides is 2. The summed E-state index contributed by atoms with van der Waals surface area (Å²) in [5, 5.41) is 2.85. The fourth-order valence-corrected chi connectivity index (χ4v) is 1.64. The Morgan fingerprint density at radius 2 is 1.84 bits per heavy atom. The van der Waals surface area contributed by atoms with Crippen molar-refractivity contribution in [3.63, 3.8) is 0 Å². The van der Waals surface area contributed by atoms with E-state index in [1.54, 1.807) is 24.5 Å². The van der Waals surface area contributed by atoms with E-state index in [9.17, 15) is 9.59 Å². The average Bonchev–Trinajstić information content (AvgIpc) is 2.34. The molecule has 5 nitrogen and oxygen atoms in total. The predicted molar refractivity (Wildman–Crippen MR) is 73.7 cm³/mol. The Balaban J connectivity index is 2.69. The van der Waals surface area contributed by atoms with E-state index < -0.39 is 0 Å². The van der Waals surface area contributed by atoms with Crippen molar-refractivity contribution in [2.75, 3.05) is 13.1 Å². The molecule has 0 bridgehead atoms. The van der Waals surface area contributed by atoms with Crippen LogP contribution < -0.4 is 5.32 Å². The molecule has 104 valence electrons. The minimum absolute atomic E-state index is 0.0644. The Bertz CT molecular complexity index is 438. The Labute approximate surface area is 114 Å². The van der Waals surface area contributed by atoms with E-state index in [2.05, 4.69) is 10.3 Å². The van der Waals surface area contributed by atoms with Crippen molar-refractivity contribution in [2.24, 2.45) is 0 Å². The standard InChI is InChI=1S/C14H21N3O2/c1-5-17(10-12(18)16-14(2,3)4)13(19)11-6-8-15-9-7-11/h6-9H,5,10H2,1-4H3,(H,16,18). The van der Waals surface area contributed by atoms with Crippen LogP contribution in [0.4, 0.5) is 0 Å². The van der Waals surface area contributed by atoms with Gasteiger partial charge < -0.3 is 10.2 Å². The molecule has 0 saturated heterocycles. The van der Waals surface area contributed by atoms with Gasteiger partial charge >= 0.3 is 0 Å². The number of pyridine rings is 1. The molecule has 0 aliphatic carbocycles. The normalized spacial score (nSPS) is 10.9. The predicted octanol–water partition coefficient (Wildman–Crippen LogP) is 1.46. The lowest BCUT2D eigenvalue weighted by Gasteiger charge is -2.25. The van der Waals surface area contributed by atoms with E-state index in [4.69, 9.17) is 0 Å². The van der Waals surface area contributed by atoms with Gasteiger partial charge in [0.2, 0.25) is 5.91 Å². The smallest absolute Gasteiger partial charge is 0.254 e. The van der Waals surface area contributed by atoms with E-state index in [0.29, 0.717) is 12.1 Å².